The molecule has 1 unspecified atom stereocenters. The molecule has 1 aliphatic carbocycles. The fourth-order valence-electron chi connectivity index (χ4n) is 3.06. The van der Waals surface area contributed by atoms with E-state index in [4.69, 9.17) is 16.3 Å². The van der Waals surface area contributed by atoms with Crippen LogP contribution in [0.3, 0.4) is 0 Å². The van der Waals surface area contributed by atoms with Crippen LogP contribution in [0, 0.1) is 5.92 Å². The summed E-state index contributed by atoms with van der Waals surface area (Å²) in [5, 5.41) is 0. The van der Waals surface area contributed by atoms with Crippen molar-refractivity contribution >= 4 is 17.5 Å². The van der Waals surface area contributed by atoms with Gasteiger partial charge in [-0.3, -0.25) is 4.79 Å². The summed E-state index contributed by atoms with van der Waals surface area (Å²) < 4.78 is 5.37. The molecule has 0 radical (unpaired) electrons. The van der Waals surface area contributed by atoms with E-state index in [2.05, 4.69) is 0 Å². The summed E-state index contributed by atoms with van der Waals surface area (Å²) in [5.74, 6) is 1.53. The molecule has 3 nitrogen and oxygen atoms in total. The van der Waals surface area contributed by atoms with E-state index >= 15 is 0 Å². The second-order valence-corrected chi connectivity index (χ2v) is 5.82. The summed E-state index contributed by atoms with van der Waals surface area (Å²) in [7, 11) is 0. The molecule has 2 fully saturated rings. The van der Waals surface area contributed by atoms with Crippen molar-refractivity contribution in [3.05, 3.63) is 0 Å². The van der Waals surface area contributed by atoms with Crippen LogP contribution in [0.4, 0.5) is 0 Å². The predicted octanol–water partition coefficient (Wildman–Crippen LogP) is 2.81. The molecule has 0 spiro atoms. The Hall–Kier alpha value is -0.280. The van der Waals surface area contributed by atoms with E-state index in [9.17, 15) is 4.79 Å². The number of hydrogen-bond acceptors (Lipinski definition) is 2. The van der Waals surface area contributed by atoms with Gasteiger partial charge in [-0.25, -0.2) is 0 Å². The molecule has 0 aromatic rings. The molecule has 0 bridgehead atoms. The van der Waals surface area contributed by atoms with Crippen molar-refractivity contribution in [3.8, 4) is 0 Å². The fourth-order valence-corrected chi connectivity index (χ4v) is 3.31. The van der Waals surface area contributed by atoms with Crippen LogP contribution in [0.15, 0.2) is 0 Å². The summed E-state index contributed by atoms with van der Waals surface area (Å²) in [6.45, 7) is 1.96. The smallest absolute Gasteiger partial charge is 0.223 e. The molecule has 1 saturated heterocycles. The molecule has 2 aliphatic rings. The number of halogens is 1. The molecule has 1 saturated carbocycles. The minimum Gasteiger partial charge on any atom is -0.377 e. The van der Waals surface area contributed by atoms with Crippen LogP contribution in [0.1, 0.15) is 44.9 Å². The number of rotatable bonds is 4. The molecule has 1 aliphatic heterocycles. The minimum atomic E-state index is 0.0827. The van der Waals surface area contributed by atoms with Crippen molar-refractivity contribution in [1.29, 1.82) is 0 Å². The van der Waals surface area contributed by atoms with Gasteiger partial charge in [-0.15, -0.1) is 11.6 Å². The van der Waals surface area contributed by atoms with Crippen molar-refractivity contribution in [2.75, 3.05) is 25.6 Å². The first kappa shape index (κ1) is 14.1. The molecular weight excluding hydrogens is 250 g/mol. The van der Waals surface area contributed by atoms with Gasteiger partial charge in [0.05, 0.1) is 19.3 Å². The second kappa shape index (κ2) is 7.34. The van der Waals surface area contributed by atoms with Crippen LogP contribution < -0.4 is 0 Å². The van der Waals surface area contributed by atoms with Gasteiger partial charge < -0.3 is 9.64 Å². The molecule has 0 aromatic carbocycles. The summed E-state index contributed by atoms with van der Waals surface area (Å²) in [4.78, 5) is 14.2. The van der Waals surface area contributed by atoms with Crippen LogP contribution in [-0.2, 0) is 9.53 Å². The lowest BCUT2D eigenvalue weighted by atomic mass is 9.86. The molecule has 1 heterocycles. The first-order chi connectivity index (χ1) is 8.81. The topological polar surface area (TPSA) is 29.5 Å². The Kier molecular flexibility index (Phi) is 5.77. The standard InChI is InChI=1S/C14H24ClNO2/c15-10-13-11-18-9-8-16(13)14(17)7-6-12-4-2-1-3-5-12/h12-13H,1-11H2. The third-order valence-electron chi connectivity index (χ3n) is 4.22. The summed E-state index contributed by atoms with van der Waals surface area (Å²) in [5.41, 5.74) is 0. The monoisotopic (exact) mass is 273 g/mol. The number of amides is 1. The maximum Gasteiger partial charge on any atom is 0.223 e. The number of carbonyl (C=O) groups excluding carboxylic acids is 1. The van der Waals surface area contributed by atoms with E-state index in [0.717, 1.165) is 12.3 Å². The van der Waals surface area contributed by atoms with Gasteiger partial charge in [0.1, 0.15) is 0 Å². The highest BCUT2D eigenvalue weighted by Crippen LogP contribution is 2.27. The number of hydrogen-bond donors (Lipinski definition) is 0. The molecular formula is C14H24ClNO2. The van der Waals surface area contributed by atoms with Gasteiger partial charge in [0.2, 0.25) is 5.91 Å². The van der Waals surface area contributed by atoms with E-state index in [0.29, 0.717) is 32.1 Å². The Morgan fingerprint density at radius 2 is 2.06 bits per heavy atom. The molecule has 0 N–H and O–H groups in total. The van der Waals surface area contributed by atoms with Gasteiger partial charge in [0.25, 0.3) is 0 Å². The lowest BCUT2D eigenvalue weighted by Gasteiger charge is -2.35. The Morgan fingerprint density at radius 3 is 2.78 bits per heavy atom. The average molecular weight is 274 g/mol. The molecule has 0 aromatic heterocycles. The molecule has 104 valence electrons. The molecule has 1 atom stereocenters. The molecule has 18 heavy (non-hydrogen) atoms. The lowest BCUT2D eigenvalue weighted by molar-refractivity contribution is -0.139. The maximum absolute atomic E-state index is 12.2. The summed E-state index contributed by atoms with van der Waals surface area (Å²) >= 11 is 5.89. The highest BCUT2D eigenvalue weighted by atomic mass is 35.5. The first-order valence-corrected chi connectivity index (χ1v) is 7.78. The van der Waals surface area contributed by atoms with Crippen LogP contribution in [-0.4, -0.2) is 42.5 Å². The van der Waals surface area contributed by atoms with Crippen molar-refractivity contribution in [1.82, 2.24) is 4.90 Å². The van der Waals surface area contributed by atoms with Gasteiger partial charge in [-0.2, -0.15) is 0 Å². The Bertz CT molecular complexity index is 267. The average Bonchev–Trinajstić information content (AvgIpc) is 2.45. The lowest BCUT2D eigenvalue weighted by Crippen LogP contribution is -2.49. The van der Waals surface area contributed by atoms with Gasteiger partial charge in [-0.1, -0.05) is 32.1 Å². The SMILES string of the molecule is O=C(CCC1CCCCC1)N1CCOCC1CCl. The quantitative estimate of drug-likeness (QED) is 0.737. The first-order valence-electron chi connectivity index (χ1n) is 7.24. The van der Waals surface area contributed by atoms with E-state index in [1.165, 1.54) is 32.1 Å². The van der Waals surface area contributed by atoms with Crippen molar-refractivity contribution in [2.45, 2.75) is 51.0 Å². The van der Waals surface area contributed by atoms with E-state index < -0.39 is 0 Å². The van der Waals surface area contributed by atoms with Gasteiger partial charge in [0.15, 0.2) is 0 Å². The number of alkyl halides is 1. The van der Waals surface area contributed by atoms with Crippen LogP contribution in [0.2, 0.25) is 0 Å². The molecule has 2 rings (SSSR count). The van der Waals surface area contributed by atoms with Crippen LogP contribution >= 0.6 is 11.6 Å². The van der Waals surface area contributed by atoms with Gasteiger partial charge >= 0.3 is 0 Å². The molecule has 4 heteroatoms. The predicted molar refractivity (Wildman–Crippen MR) is 72.8 cm³/mol. The Labute approximate surface area is 115 Å². The van der Waals surface area contributed by atoms with Gasteiger partial charge in [0, 0.05) is 18.8 Å². The minimum absolute atomic E-state index is 0.0827. The highest BCUT2D eigenvalue weighted by Gasteiger charge is 2.26. The molecule has 1 amide bonds. The third-order valence-corrected chi connectivity index (χ3v) is 4.57. The third kappa shape index (κ3) is 3.86. The Morgan fingerprint density at radius 1 is 1.28 bits per heavy atom. The second-order valence-electron chi connectivity index (χ2n) is 5.51. The van der Waals surface area contributed by atoms with E-state index in [1.54, 1.807) is 0 Å². The number of morpholine rings is 1. The maximum atomic E-state index is 12.2. The Balaban J connectivity index is 1.75. The number of nitrogens with zero attached hydrogens (tertiary/aromatic N) is 1. The number of carbonyl (C=O) groups is 1. The van der Waals surface area contributed by atoms with Gasteiger partial charge in [-0.05, 0) is 12.3 Å². The van der Waals surface area contributed by atoms with Crippen molar-refractivity contribution in [3.63, 3.8) is 0 Å². The van der Waals surface area contributed by atoms with E-state index in [1.807, 2.05) is 4.90 Å². The number of ether oxygens (including phenoxy) is 1. The van der Waals surface area contributed by atoms with Crippen molar-refractivity contribution in [2.24, 2.45) is 5.92 Å². The highest BCUT2D eigenvalue weighted by molar-refractivity contribution is 6.18. The zero-order chi connectivity index (χ0) is 12.8. The van der Waals surface area contributed by atoms with Crippen LogP contribution in [0.5, 0.6) is 0 Å². The largest absolute Gasteiger partial charge is 0.377 e. The summed E-state index contributed by atoms with van der Waals surface area (Å²) in [6.07, 6.45) is 8.46. The zero-order valence-corrected chi connectivity index (χ0v) is 11.8. The van der Waals surface area contributed by atoms with E-state index in [-0.39, 0.29) is 11.9 Å². The summed E-state index contributed by atoms with van der Waals surface area (Å²) in [6, 6.07) is 0.0827. The van der Waals surface area contributed by atoms with Crippen LogP contribution in [0.25, 0.3) is 0 Å². The zero-order valence-electron chi connectivity index (χ0n) is 11.1. The fraction of sp³-hybridized carbons (Fsp3) is 0.929. The van der Waals surface area contributed by atoms with Crippen molar-refractivity contribution < 1.29 is 9.53 Å². The normalized spacial score (nSPS) is 26.3.